The van der Waals surface area contributed by atoms with E-state index in [2.05, 4.69) is 22.2 Å². The van der Waals surface area contributed by atoms with Gasteiger partial charge in [0.1, 0.15) is 34.9 Å². The fourth-order valence-corrected chi connectivity index (χ4v) is 6.91. The lowest BCUT2D eigenvalue weighted by Gasteiger charge is -2.33. The Hall–Kier alpha value is -5.05. The Labute approximate surface area is 332 Å². The molecule has 15 heteroatoms. The van der Waals surface area contributed by atoms with Crippen LogP contribution in [0.3, 0.4) is 0 Å². The van der Waals surface area contributed by atoms with Gasteiger partial charge in [-0.1, -0.05) is 61.5 Å². The molecule has 3 heterocycles. The van der Waals surface area contributed by atoms with Crippen LogP contribution in [0.25, 0.3) is 22.3 Å². The quantitative estimate of drug-likeness (QED) is 0.145. The number of carboxylic acids is 1. The van der Waals surface area contributed by atoms with Crippen LogP contribution in [0.15, 0.2) is 42.3 Å². The lowest BCUT2D eigenvalue weighted by Crippen LogP contribution is -2.54. The van der Waals surface area contributed by atoms with E-state index < -0.39 is 41.4 Å². The number of amides is 3. The largest absolute Gasteiger partial charge is 0.497 e. The third-order valence-corrected chi connectivity index (χ3v) is 11.5. The Balaban J connectivity index is 0.000000689. The molecule has 1 saturated heterocycles. The standard InChI is InChI=1S/C34H41N5O7S.C7H14O2/c1-9-20-15-34(20,31(43)45-8)38-29(41)27-13-22(16-39(27)30(42)18(2)33(4,5)6)46-28-14-25(26-17-47-32(37-26)35-19(3)40)36-24-12-21(44-7)10-11-23(24)28;1-5(6(8)9)7(2,3)4/h9-12,14,17-18,20,22,27H,1,13,15-16H2,2-8H3,(H,38,41)(H,35,37,40);5H,1-4H3,(H,8,9)/t18-,20+,22?,27+,34-;5-/m11/s1. The minimum absolute atomic E-state index is 0.119. The number of esters is 1. The number of likely N-dealkylation sites (tertiary alicyclic amines) is 1. The molecule has 1 unspecified atom stereocenters. The van der Waals surface area contributed by atoms with Crippen molar-refractivity contribution >= 4 is 57.0 Å². The number of carbonyl (C=O) groups is 5. The SMILES string of the molecule is C=C[C@H]1C[C@]1(NC(=O)[C@@H]1CC(Oc2cc(-c3csc(NC(C)=O)n3)nc3cc(OC)ccc23)CN1C(=O)[C@@H](C)C(C)(C)C)C(=O)OC.C[C@H](C(=O)O)C(C)(C)C. The number of benzene rings is 1. The summed E-state index contributed by atoms with van der Waals surface area (Å²) < 4.78 is 17.1. The number of carbonyl (C=O) groups excluding carboxylic acids is 4. The van der Waals surface area contributed by atoms with E-state index in [0.29, 0.717) is 45.3 Å². The summed E-state index contributed by atoms with van der Waals surface area (Å²) in [5.41, 5.74) is -0.0202. The molecular weight excluding hydrogens is 739 g/mol. The molecule has 3 aromatic rings. The Morgan fingerprint density at radius 3 is 2.20 bits per heavy atom. The van der Waals surface area contributed by atoms with Gasteiger partial charge in [0.05, 0.1) is 37.9 Å². The molecule has 3 amide bonds. The Morgan fingerprint density at radius 2 is 1.68 bits per heavy atom. The molecule has 0 radical (unpaired) electrons. The van der Waals surface area contributed by atoms with Gasteiger partial charge >= 0.3 is 11.9 Å². The Bertz CT molecular complexity index is 1980. The predicted octanol–water partition coefficient (Wildman–Crippen LogP) is 6.34. The summed E-state index contributed by atoms with van der Waals surface area (Å²) in [6.07, 6.45) is 1.65. The number of hydrogen-bond acceptors (Lipinski definition) is 11. The highest BCUT2D eigenvalue weighted by Crippen LogP contribution is 2.46. The molecule has 0 bridgehead atoms. The molecule has 1 saturated carbocycles. The van der Waals surface area contributed by atoms with E-state index in [1.807, 2.05) is 54.5 Å². The number of anilines is 1. The Morgan fingerprint density at radius 1 is 1.02 bits per heavy atom. The molecule has 0 spiro atoms. The number of rotatable bonds is 11. The Kier molecular flexibility index (Phi) is 13.2. The van der Waals surface area contributed by atoms with E-state index in [-0.39, 0.29) is 47.4 Å². The van der Waals surface area contributed by atoms with E-state index in [9.17, 15) is 24.0 Å². The topological polar surface area (TPSA) is 186 Å². The summed E-state index contributed by atoms with van der Waals surface area (Å²) in [6.45, 7) is 20.7. The van der Waals surface area contributed by atoms with Gasteiger partial charge in [0.25, 0.3) is 0 Å². The van der Waals surface area contributed by atoms with Crippen LogP contribution in [0.5, 0.6) is 11.5 Å². The number of methoxy groups -OCH3 is 2. The first-order valence-corrected chi connectivity index (χ1v) is 19.4. The van der Waals surface area contributed by atoms with E-state index >= 15 is 0 Å². The van der Waals surface area contributed by atoms with Crippen LogP contribution in [0.1, 0.15) is 75.2 Å². The van der Waals surface area contributed by atoms with Gasteiger partial charge in [-0.15, -0.1) is 17.9 Å². The number of pyridine rings is 1. The fourth-order valence-electron chi connectivity index (χ4n) is 6.16. The first kappa shape index (κ1) is 43.7. The van der Waals surface area contributed by atoms with E-state index in [1.54, 1.807) is 48.6 Å². The molecule has 1 aliphatic carbocycles. The molecule has 6 atom stereocenters. The van der Waals surface area contributed by atoms with Gasteiger partial charge in [0, 0.05) is 48.1 Å². The summed E-state index contributed by atoms with van der Waals surface area (Å²) in [6, 6.07) is 6.32. The van der Waals surface area contributed by atoms with E-state index in [0.717, 1.165) is 0 Å². The smallest absolute Gasteiger partial charge is 0.332 e. The van der Waals surface area contributed by atoms with Crippen LogP contribution in [-0.2, 0) is 28.7 Å². The fraction of sp³-hybridized carbons (Fsp3) is 0.537. The average molecular weight is 794 g/mol. The van der Waals surface area contributed by atoms with Crippen LogP contribution in [0.4, 0.5) is 5.13 Å². The number of aromatic nitrogens is 2. The number of thiazole rings is 1. The predicted molar refractivity (Wildman–Crippen MR) is 214 cm³/mol. The lowest BCUT2D eigenvalue weighted by atomic mass is 9.81. The second kappa shape index (κ2) is 17.0. The molecule has 2 aliphatic rings. The van der Waals surface area contributed by atoms with Crippen molar-refractivity contribution in [3.8, 4) is 22.9 Å². The molecular formula is C41H55N5O9S. The van der Waals surface area contributed by atoms with Gasteiger partial charge in [-0.05, 0) is 29.4 Å². The van der Waals surface area contributed by atoms with Crippen molar-refractivity contribution in [2.24, 2.45) is 28.6 Å². The molecule has 2 fully saturated rings. The number of ether oxygens (including phenoxy) is 3. The average Bonchev–Trinajstić information content (AvgIpc) is 3.40. The third-order valence-electron chi connectivity index (χ3n) is 10.7. The molecule has 304 valence electrons. The van der Waals surface area contributed by atoms with Crippen molar-refractivity contribution in [2.45, 2.75) is 92.8 Å². The molecule has 56 heavy (non-hydrogen) atoms. The first-order valence-electron chi connectivity index (χ1n) is 18.5. The van der Waals surface area contributed by atoms with Crippen LogP contribution >= 0.6 is 11.3 Å². The minimum atomic E-state index is -1.20. The van der Waals surface area contributed by atoms with E-state index in [1.165, 1.54) is 25.4 Å². The van der Waals surface area contributed by atoms with Gasteiger partial charge in [-0.3, -0.25) is 19.2 Å². The first-order chi connectivity index (χ1) is 26.1. The van der Waals surface area contributed by atoms with Crippen molar-refractivity contribution in [2.75, 3.05) is 26.1 Å². The summed E-state index contributed by atoms with van der Waals surface area (Å²) in [4.78, 5) is 73.4. The highest BCUT2D eigenvalue weighted by molar-refractivity contribution is 7.14. The van der Waals surface area contributed by atoms with Crippen LogP contribution in [0, 0.1) is 28.6 Å². The van der Waals surface area contributed by atoms with E-state index in [4.69, 9.17) is 24.3 Å². The zero-order valence-electron chi connectivity index (χ0n) is 34.1. The van der Waals surface area contributed by atoms with Crippen molar-refractivity contribution < 1.29 is 43.3 Å². The van der Waals surface area contributed by atoms with Gasteiger partial charge in [-0.25, -0.2) is 14.8 Å². The van der Waals surface area contributed by atoms with Crippen molar-refractivity contribution in [3.05, 3.63) is 42.3 Å². The van der Waals surface area contributed by atoms with Crippen LogP contribution < -0.4 is 20.1 Å². The minimum Gasteiger partial charge on any atom is -0.497 e. The van der Waals surface area contributed by atoms with Crippen LogP contribution in [-0.4, -0.2) is 88.1 Å². The molecule has 1 aromatic carbocycles. The van der Waals surface area contributed by atoms with Gasteiger partial charge in [-0.2, -0.15) is 0 Å². The molecule has 3 N–H and O–H groups in total. The maximum Gasteiger partial charge on any atom is 0.332 e. The molecule has 1 aliphatic heterocycles. The number of hydrogen-bond donors (Lipinski definition) is 3. The second-order valence-electron chi connectivity index (χ2n) is 16.6. The molecule has 14 nitrogen and oxygen atoms in total. The third kappa shape index (κ3) is 9.84. The highest BCUT2D eigenvalue weighted by Gasteiger charge is 2.62. The summed E-state index contributed by atoms with van der Waals surface area (Å²) in [7, 11) is 2.85. The number of aliphatic carboxylic acids is 1. The summed E-state index contributed by atoms with van der Waals surface area (Å²) >= 11 is 1.27. The van der Waals surface area contributed by atoms with Gasteiger partial charge < -0.3 is 34.9 Å². The maximum atomic E-state index is 13.9. The van der Waals surface area contributed by atoms with Gasteiger partial charge in [0.15, 0.2) is 5.13 Å². The molecule has 2 aromatic heterocycles. The molecule has 5 rings (SSSR count). The monoisotopic (exact) mass is 793 g/mol. The number of carboxylic acid groups (broad SMARTS) is 1. The zero-order valence-corrected chi connectivity index (χ0v) is 35.0. The second-order valence-corrected chi connectivity index (χ2v) is 17.5. The normalized spacial score (nSPS) is 21.5. The maximum absolute atomic E-state index is 13.9. The number of fused-ring (bicyclic) bond motifs is 1. The van der Waals surface area contributed by atoms with Crippen molar-refractivity contribution in [3.63, 3.8) is 0 Å². The summed E-state index contributed by atoms with van der Waals surface area (Å²) in [5, 5.41) is 17.0. The summed E-state index contributed by atoms with van der Waals surface area (Å²) in [5.74, 6) is -1.94. The number of nitrogens with one attached hydrogen (secondary N) is 2. The van der Waals surface area contributed by atoms with Crippen molar-refractivity contribution in [1.82, 2.24) is 20.2 Å². The van der Waals surface area contributed by atoms with Gasteiger partial charge in [0.2, 0.25) is 17.7 Å². The van der Waals surface area contributed by atoms with Crippen LogP contribution in [0.2, 0.25) is 0 Å². The lowest BCUT2D eigenvalue weighted by molar-refractivity contribution is -0.149. The zero-order chi connectivity index (χ0) is 41.9. The highest BCUT2D eigenvalue weighted by atomic mass is 32.1. The number of nitrogens with zero attached hydrogens (tertiary/aromatic N) is 3. The van der Waals surface area contributed by atoms with Crippen molar-refractivity contribution in [1.29, 1.82) is 0 Å².